The molecule has 0 spiro atoms. The lowest BCUT2D eigenvalue weighted by molar-refractivity contribution is -0.156. The van der Waals surface area contributed by atoms with Crippen molar-refractivity contribution in [2.75, 3.05) is 0 Å². The number of esters is 1. The molecule has 0 heterocycles. The van der Waals surface area contributed by atoms with Crippen LogP contribution in [-0.2, 0) is 9.53 Å². The summed E-state index contributed by atoms with van der Waals surface area (Å²) >= 11 is 5.99. The summed E-state index contributed by atoms with van der Waals surface area (Å²) in [5.74, 6) is -0.148. The van der Waals surface area contributed by atoms with E-state index in [1.54, 1.807) is 0 Å². The summed E-state index contributed by atoms with van der Waals surface area (Å²) in [5.41, 5.74) is -0.430. The second kappa shape index (κ2) is 5.02. The maximum Gasteiger partial charge on any atom is 0.311 e. The van der Waals surface area contributed by atoms with Crippen LogP contribution in [0.4, 0.5) is 0 Å². The Labute approximate surface area is 96.6 Å². The van der Waals surface area contributed by atoms with Crippen molar-refractivity contribution in [3.63, 3.8) is 0 Å². The van der Waals surface area contributed by atoms with Crippen LogP contribution in [0, 0.1) is 5.41 Å². The Bertz CT molecular complexity index is 253. The highest BCUT2D eigenvalue weighted by molar-refractivity contribution is 6.21. The normalized spacial score (nSPS) is 27.2. The first kappa shape index (κ1) is 12.6. The molecule has 0 saturated carbocycles. The second-order valence-corrected chi connectivity index (χ2v) is 5.59. The molecule has 0 radical (unpaired) electrons. The van der Waals surface area contributed by atoms with E-state index in [0.29, 0.717) is 0 Å². The predicted molar refractivity (Wildman–Crippen MR) is 62.0 cm³/mol. The van der Waals surface area contributed by atoms with E-state index in [2.05, 4.69) is 0 Å². The van der Waals surface area contributed by atoms with E-state index in [1.165, 1.54) is 0 Å². The zero-order valence-corrected chi connectivity index (χ0v) is 10.4. The van der Waals surface area contributed by atoms with Gasteiger partial charge in [-0.3, -0.25) is 4.79 Å². The average Bonchev–Trinajstić information content (AvgIpc) is 2.29. The van der Waals surface area contributed by atoms with E-state index in [-0.39, 0.29) is 17.5 Å². The minimum Gasteiger partial charge on any atom is -0.458 e. The number of carbonyl (C=O) groups excluding carboxylic acids is 1. The molecular weight excluding hydrogens is 212 g/mol. The first-order valence-corrected chi connectivity index (χ1v) is 5.87. The number of rotatable bonds is 1. The fourth-order valence-corrected chi connectivity index (χ4v) is 1.60. The number of carbonyl (C=O) groups is 1. The molecule has 0 amide bonds. The van der Waals surface area contributed by atoms with Gasteiger partial charge < -0.3 is 4.74 Å². The van der Waals surface area contributed by atoms with Gasteiger partial charge in [-0.2, -0.15) is 0 Å². The van der Waals surface area contributed by atoms with Crippen LogP contribution < -0.4 is 0 Å². The lowest BCUT2D eigenvalue weighted by Gasteiger charge is -2.20. The SMILES string of the molecule is CC(C)(C)C(=O)O[C@@H]1C=C[C@H](Cl)CCC1. The van der Waals surface area contributed by atoms with Gasteiger partial charge in [-0.25, -0.2) is 0 Å². The first-order chi connectivity index (χ1) is 6.89. The van der Waals surface area contributed by atoms with Crippen LogP contribution in [0.1, 0.15) is 40.0 Å². The maximum atomic E-state index is 11.6. The van der Waals surface area contributed by atoms with Gasteiger partial charge in [-0.15, -0.1) is 11.6 Å². The fourth-order valence-electron chi connectivity index (χ4n) is 1.36. The monoisotopic (exact) mass is 230 g/mol. The minimum absolute atomic E-state index is 0.0864. The summed E-state index contributed by atoms with van der Waals surface area (Å²) in [5, 5.41) is 0.0864. The Morgan fingerprint density at radius 3 is 2.60 bits per heavy atom. The molecular formula is C12H19ClO2. The molecule has 15 heavy (non-hydrogen) atoms. The van der Waals surface area contributed by atoms with Gasteiger partial charge in [-0.1, -0.05) is 6.08 Å². The highest BCUT2D eigenvalue weighted by Crippen LogP contribution is 2.22. The molecule has 1 rings (SSSR count). The Balaban J connectivity index is 2.51. The zero-order valence-electron chi connectivity index (χ0n) is 9.63. The van der Waals surface area contributed by atoms with Gasteiger partial charge in [0.05, 0.1) is 10.8 Å². The molecule has 2 atom stereocenters. The van der Waals surface area contributed by atoms with Gasteiger partial charge in [0.25, 0.3) is 0 Å². The van der Waals surface area contributed by atoms with Gasteiger partial charge in [0, 0.05) is 0 Å². The first-order valence-electron chi connectivity index (χ1n) is 5.43. The van der Waals surface area contributed by atoms with E-state index in [1.807, 2.05) is 32.9 Å². The van der Waals surface area contributed by atoms with Crippen molar-refractivity contribution in [1.29, 1.82) is 0 Å². The van der Waals surface area contributed by atoms with Gasteiger partial charge in [-0.05, 0) is 46.1 Å². The lowest BCUT2D eigenvalue weighted by Crippen LogP contribution is -2.27. The van der Waals surface area contributed by atoms with Gasteiger partial charge in [0.15, 0.2) is 0 Å². The minimum atomic E-state index is -0.430. The van der Waals surface area contributed by atoms with Crippen molar-refractivity contribution in [3.8, 4) is 0 Å². The Morgan fingerprint density at radius 2 is 2.00 bits per heavy atom. The molecule has 3 heteroatoms. The van der Waals surface area contributed by atoms with E-state index in [9.17, 15) is 4.79 Å². The van der Waals surface area contributed by atoms with E-state index in [0.717, 1.165) is 19.3 Å². The maximum absolute atomic E-state index is 11.6. The van der Waals surface area contributed by atoms with E-state index < -0.39 is 5.41 Å². The highest BCUT2D eigenvalue weighted by atomic mass is 35.5. The predicted octanol–water partition coefficient (Wildman–Crippen LogP) is 3.29. The third-order valence-corrected chi connectivity index (χ3v) is 2.74. The van der Waals surface area contributed by atoms with Crippen LogP contribution >= 0.6 is 11.6 Å². The smallest absolute Gasteiger partial charge is 0.311 e. The molecule has 0 bridgehead atoms. The summed E-state index contributed by atoms with van der Waals surface area (Å²) < 4.78 is 5.40. The van der Waals surface area contributed by atoms with E-state index in [4.69, 9.17) is 16.3 Å². The quantitative estimate of drug-likeness (QED) is 0.393. The van der Waals surface area contributed by atoms with Crippen LogP contribution in [0.3, 0.4) is 0 Å². The topological polar surface area (TPSA) is 26.3 Å². The molecule has 86 valence electrons. The summed E-state index contributed by atoms with van der Waals surface area (Å²) in [6.07, 6.45) is 6.58. The number of alkyl halides is 1. The standard InChI is InChI=1S/C12H19ClO2/c1-12(2,3)11(14)15-10-6-4-5-9(13)7-8-10/h7-10H,4-6H2,1-3H3/t9-,10+/m1/s1. The number of hydrogen-bond acceptors (Lipinski definition) is 2. The van der Waals surface area contributed by atoms with Gasteiger partial charge in [0.2, 0.25) is 0 Å². The van der Waals surface area contributed by atoms with E-state index >= 15 is 0 Å². The largest absolute Gasteiger partial charge is 0.458 e. The number of allylic oxidation sites excluding steroid dienone is 1. The molecule has 0 aromatic heterocycles. The Kier molecular flexibility index (Phi) is 4.21. The fraction of sp³-hybridized carbons (Fsp3) is 0.750. The zero-order chi connectivity index (χ0) is 11.5. The summed E-state index contributed by atoms with van der Waals surface area (Å²) in [4.78, 5) is 11.6. The molecule has 0 saturated heterocycles. The Hall–Kier alpha value is -0.500. The van der Waals surface area contributed by atoms with Crippen LogP contribution in [0.2, 0.25) is 0 Å². The molecule has 1 aliphatic carbocycles. The van der Waals surface area contributed by atoms with Crippen LogP contribution in [0.5, 0.6) is 0 Å². The third kappa shape index (κ3) is 4.25. The number of hydrogen-bond donors (Lipinski definition) is 0. The summed E-state index contributed by atoms with van der Waals surface area (Å²) in [6.45, 7) is 5.58. The molecule has 1 aliphatic rings. The van der Waals surface area contributed by atoms with Crippen molar-refractivity contribution in [2.45, 2.75) is 51.5 Å². The summed E-state index contributed by atoms with van der Waals surface area (Å²) in [6, 6.07) is 0. The lowest BCUT2D eigenvalue weighted by atomic mass is 9.97. The molecule has 0 N–H and O–H groups in total. The van der Waals surface area contributed by atoms with Crippen molar-refractivity contribution < 1.29 is 9.53 Å². The average molecular weight is 231 g/mol. The van der Waals surface area contributed by atoms with Crippen LogP contribution in [0.15, 0.2) is 12.2 Å². The van der Waals surface area contributed by atoms with Gasteiger partial charge in [0.1, 0.15) is 6.10 Å². The van der Waals surface area contributed by atoms with Crippen molar-refractivity contribution in [1.82, 2.24) is 0 Å². The number of ether oxygens (including phenoxy) is 1. The Morgan fingerprint density at radius 1 is 1.33 bits per heavy atom. The van der Waals surface area contributed by atoms with Gasteiger partial charge >= 0.3 is 5.97 Å². The van der Waals surface area contributed by atoms with Crippen molar-refractivity contribution in [2.24, 2.45) is 5.41 Å². The molecule has 2 nitrogen and oxygen atoms in total. The molecule has 0 fully saturated rings. The van der Waals surface area contributed by atoms with Crippen LogP contribution in [-0.4, -0.2) is 17.5 Å². The highest BCUT2D eigenvalue weighted by Gasteiger charge is 2.26. The third-order valence-electron chi connectivity index (χ3n) is 2.37. The molecule has 0 aromatic rings. The van der Waals surface area contributed by atoms with Crippen LogP contribution in [0.25, 0.3) is 0 Å². The van der Waals surface area contributed by atoms with Crippen molar-refractivity contribution in [3.05, 3.63) is 12.2 Å². The second-order valence-electron chi connectivity index (χ2n) is 5.03. The number of halogens is 1. The van der Waals surface area contributed by atoms with Crippen molar-refractivity contribution >= 4 is 17.6 Å². The summed E-state index contributed by atoms with van der Waals surface area (Å²) in [7, 11) is 0. The molecule has 0 aromatic carbocycles. The molecule has 0 unspecified atom stereocenters. The molecule has 0 aliphatic heterocycles.